The van der Waals surface area contributed by atoms with Crippen molar-refractivity contribution in [3.8, 4) is 11.5 Å². The molecule has 1 heterocycles. The molecule has 29 heavy (non-hydrogen) atoms. The largest absolute Gasteiger partial charge is 0.405 e. The zero-order chi connectivity index (χ0) is 22.0. The summed E-state index contributed by atoms with van der Waals surface area (Å²) in [4.78, 5) is 7.89. The van der Waals surface area contributed by atoms with Gasteiger partial charge in [0.2, 0.25) is 5.95 Å². The third kappa shape index (κ3) is 6.72. The van der Waals surface area contributed by atoms with Gasteiger partial charge < -0.3 is 26.0 Å². The zero-order valence-electron chi connectivity index (χ0n) is 16.2. The predicted octanol–water partition coefficient (Wildman–Crippen LogP) is 1.85. The SMILES string of the molecule is C[Si](C)(C)C#Cc1c(Cl)nc(NCC(F)(F)F)nc1N[C@@H]1C[C@H](CO)[C@@H](O)[C@H]1O. The number of aromatic nitrogens is 2. The normalized spacial score (nSPS) is 24.8. The van der Waals surface area contributed by atoms with Crippen molar-refractivity contribution in [1.29, 1.82) is 0 Å². The lowest BCUT2D eigenvalue weighted by molar-refractivity contribution is -0.115. The first-order valence-electron chi connectivity index (χ1n) is 8.95. The van der Waals surface area contributed by atoms with Gasteiger partial charge in [0.05, 0.1) is 12.1 Å². The van der Waals surface area contributed by atoms with E-state index in [-0.39, 0.29) is 35.5 Å². The van der Waals surface area contributed by atoms with Gasteiger partial charge in [0.25, 0.3) is 0 Å². The highest BCUT2D eigenvalue weighted by Crippen LogP contribution is 2.31. The first-order valence-corrected chi connectivity index (χ1v) is 12.8. The first-order chi connectivity index (χ1) is 13.3. The van der Waals surface area contributed by atoms with Crippen LogP contribution in [0, 0.1) is 17.4 Å². The Labute approximate surface area is 172 Å². The second-order valence-corrected chi connectivity index (χ2v) is 13.0. The molecule has 0 aromatic carbocycles. The molecule has 4 atom stereocenters. The summed E-state index contributed by atoms with van der Waals surface area (Å²) in [5.74, 6) is 2.06. The van der Waals surface area contributed by atoms with Crippen molar-refractivity contribution in [2.45, 2.75) is 50.5 Å². The second kappa shape index (κ2) is 9.05. The van der Waals surface area contributed by atoms with Gasteiger partial charge in [-0.2, -0.15) is 23.1 Å². The lowest BCUT2D eigenvalue weighted by Gasteiger charge is -2.20. The van der Waals surface area contributed by atoms with Crippen LogP contribution in [0.2, 0.25) is 24.8 Å². The van der Waals surface area contributed by atoms with Crippen molar-refractivity contribution >= 4 is 31.4 Å². The molecule has 2 rings (SSSR count). The number of rotatable bonds is 5. The molecule has 12 heteroatoms. The standard InChI is InChI=1S/C17H24ClF3N4O3Si/c1-29(2,3)5-4-10-14(18)24-16(22-8-17(19,20)21)25-15(10)23-11-6-9(7-26)12(27)13(11)28/h9,11-13,26-28H,6-8H2,1-3H3,(H2,22,23,24,25)/t9-,11-,12-,13+/m1/s1. The van der Waals surface area contributed by atoms with Crippen LogP contribution in [0.3, 0.4) is 0 Å². The summed E-state index contributed by atoms with van der Waals surface area (Å²) in [6.45, 7) is 4.35. The van der Waals surface area contributed by atoms with Crippen LogP contribution in [-0.2, 0) is 0 Å². The Bertz CT molecular complexity index is 795. The number of alkyl halides is 3. The lowest BCUT2D eigenvalue weighted by Crippen LogP contribution is -2.36. The van der Waals surface area contributed by atoms with E-state index in [0.29, 0.717) is 0 Å². The average Bonchev–Trinajstić information content (AvgIpc) is 2.85. The molecule has 0 spiro atoms. The molecular weight excluding hydrogens is 429 g/mol. The van der Waals surface area contributed by atoms with Crippen LogP contribution in [0.15, 0.2) is 0 Å². The highest BCUT2D eigenvalue weighted by molar-refractivity contribution is 6.83. The van der Waals surface area contributed by atoms with E-state index in [1.807, 2.05) is 19.6 Å². The van der Waals surface area contributed by atoms with E-state index in [0.717, 1.165) is 0 Å². The number of aliphatic hydroxyl groups excluding tert-OH is 3. The number of hydrogen-bond donors (Lipinski definition) is 5. The van der Waals surface area contributed by atoms with Crippen LogP contribution in [0.25, 0.3) is 0 Å². The maximum Gasteiger partial charge on any atom is 0.405 e. The van der Waals surface area contributed by atoms with E-state index in [4.69, 9.17) is 11.6 Å². The number of nitrogens with zero attached hydrogens (tertiary/aromatic N) is 2. The quantitative estimate of drug-likeness (QED) is 0.263. The molecule has 0 amide bonds. The van der Waals surface area contributed by atoms with Crippen molar-refractivity contribution in [2.24, 2.45) is 5.92 Å². The third-order valence-electron chi connectivity index (χ3n) is 4.23. The van der Waals surface area contributed by atoms with Gasteiger partial charge in [0, 0.05) is 12.5 Å². The third-order valence-corrected chi connectivity index (χ3v) is 5.38. The predicted molar refractivity (Wildman–Crippen MR) is 106 cm³/mol. The van der Waals surface area contributed by atoms with Crippen molar-refractivity contribution in [1.82, 2.24) is 9.97 Å². The molecule has 5 N–H and O–H groups in total. The molecule has 1 aromatic heterocycles. The maximum atomic E-state index is 12.5. The van der Waals surface area contributed by atoms with E-state index in [1.165, 1.54) is 0 Å². The number of halogens is 4. The summed E-state index contributed by atoms with van der Waals surface area (Å²) in [5, 5.41) is 34.4. The van der Waals surface area contributed by atoms with Gasteiger partial charge in [0.15, 0.2) is 5.15 Å². The van der Waals surface area contributed by atoms with E-state index < -0.39 is 45.0 Å². The van der Waals surface area contributed by atoms with Gasteiger partial charge in [-0.15, -0.1) is 5.54 Å². The van der Waals surface area contributed by atoms with Gasteiger partial charge in [-0.25, -0.2) is 0 Å². The van der Waals surface area contributed by atoms with E-state index in [1.54, 1.807) is 0 Å². The monoisotopic (exact) mass is 452 g/mol. The number of nitrogens with one attached hydrogen (secondary N) is 2. The minimum Gasteiger partial charge on any atom is -0.396 e. The molecule has 0 radical (unpaired) electrons. The Balaban J connectivity index is 2.39. The van der Waals surface area contributed by atoms with Crippen molar-refractivity contribution < 1.29 is 28.5 Å². The summed E-state index contributed by atoms with van der Waals surface area (Å²) in [7, 11) is -1.81. The highest BCUT2D eigenvalue weighted by atomic mass is 35.5. The van der Waals surface area contributed by atoms with Crippen LogP contribution >= 0.6 is 11.6 Å². The molecule has 1 fully saturated rings. The van der Waals surface area contributed by atoms with E-state index in [2.05, 4.69) is 32.1 Å². The van der Waals surface area contributed by atoms with Gasteiger partial charge in [-0.05, 0) is 6.42 Å². The molecule has 162 valence electrons. The fourth-order valence-electron chi connectivity index (χ4n) is 2.78. The average molecular weight is 453 g/mol. The smallest absolute Gasteiger partial charge is 0.396 e. The minimum atomic E-state index is -4.47. The van der Waals surface area contributed by atoms with Crippen LogP contribution < -0.4 is 10.6 Å². The molecule has 1 aliphatic carbocycles. The fraction of sp³-hybridized carbons (Fsp3) is 0.647. The first kappa shape index (κ1) is 23.7. The van der Waals surface area contributed by atoms with Crippen molar-refractivity contribution in [3.63, 3.8) is 0 Å². The molecule has 1 aliphatic rings. The van der Waals surface area contributed by atoms with Gasteiger partial charge in [-0.3, -0.25) is 0 Å². The topological polar surface area (TPSA) is 111 Å². The summed E-state index contributed by atoms with van der Waals surface area (Å²) in [6.07, 6.45) is -6.59. The molecular formula is C17H24ClF3N4O3Si. The minimum absolute atomic E-state index is 0.0512. The maximum absolute atomic E-state index is 12.5. The summed E-state index contributed by atoms with van der Waals surface area (Å²) in [5.41, 5.74) is 3.29. The molecule has 0 unspecified atom stereocenters. The van der Waals surface area contributed by atoms with Crippen LogP contribution in [0.1, 0.15) is 12.0 Å². The Morgan fingerprint density at radius 2 is 1.86 bits per heavy atom. The Hall–Kier alpha value is -1.58. The summed E-state index contributed by atoms with van der Waals surface area (Å²) < 4.78 is 37.5. The van der Waals surface area contributed by atoms with Gasteiger partial charge >= 0.3 is 6.18 Å². The van der Waals surface area contributed by atoms with Crippen LogP contribution in [-0.4, -0.2) is 70.9 Å². The Morgan fingerprint density at radius 3 is 2.38 bits per heavy atom. The summed E-state index contributed by atoms with van der Waals surface area (Å²) in [6, 6.07) is -0.698. The van der Waals surface area contributed by atoms with Gasteiger partial charge in [0.1, 0.15) is 32.1 Å². The Morgan fingerprint density at radius 1 is 1.21 bits per heavy atom. The molecule has 1 saturated carbocycles. The highest BCUT2D eigenvalue weighted by Gasteiger charge is 2.41. The van der Waals surface area contributed by atoms with Crippen molar-refractivity contribution in [3.05, 3.63) is 10.7 Å². The molecule has 7 nitrogen and oxygen atoms in total. The van der Waals surface area contributed by atoms with Gasteiger partial charge in [-0.1, -0.05) is 37.2 Å². The van der Waals surface area contributed by atoms with Crippen LogP contribution in [0.4, 0.5) is 24.9 Å². The molecule has 0 aliphatic heterocycles. The number of aliphatic hydroxyl groups is 3. The number of anilines is 2. The van der Waals surface area contributed by atoms with E-state index >= 15 is 0 Å². The fourth-order valence-corrected chi connectivity index (χ4v) is 3.50. The van der Waals surface area contributed by atoms with Crippen molar-refractivity contribution in [2.75, 3.05) is 23.8 Å². The Kier molecular flexibility index (Phi) is 7.40. The van der Waals surface area contributed by atoms with E-state index in [9.17, 15) is 28.5 Å². The number of hydrogen-bond acceptors (Lipinski definition) is 7. The summed E-state index contributed by atoms with van der Waals surface area (Å²) >= 11 is 6.17. The molecule has 1 aromatic rings. The second-order valence-electron chi connectivity index (χ2n) is 7.94. The molecule has 0 bridgehead atoms. The molecule has 0 saturated heterocycles. The lowest BCUT2D eigenvalue weighted by atomic mass is 10.1. The zero-order valence-corrected chi connectivity index (χ0v) is 17.9. The van der Waals surface area contributed by atoms with Crippen LogP contribution in [0.5, 0.6) is 0 Å².